The number of anilines is 1. The van der Waals surface area contributed by atoms with Crippen molar-refractivity contribution < 1.29 is 19.2 Å². The third-order valence-corrected chi connectivity index (χ3v) is 6.90. The number of carboxylic acids is 1. The number of carboxylic acid groups (broad SMARTS) is 1. The number of aliphatic carboxylic acids is 1. The molecule has 2 unspecified atom stereocenters. The average molecular weight is 465 g/mol. The lowest BCUT2D eigenvalue weighted by Crippen LogP contribution is -2.33. The van der Waals surface area contributed by atoms with Crippen molar-refractivity contribution in [3.63, 3.8) is 0 Å². The zero-order valence-electron chi connectivity index (χ0n) is 19.6. The zero-order chi connectivity index (χ0) is 23.5. The smallest absolute Gasteiger partial charge is 0.325 e. The number of hydrogen-bond acceptors (Lipinski definition) is 7. The minimum Gasteiger partial charge on any atom is -0.480 e. The van der Waals surface area contributed by atoms with Gasteiger partial charge >= 0.3 is 5.97 Å². The monoisotopic (exact) mass is 464 g/mol. The highest BCUT2D eigenvalue weighted by Gasteiger charge is 2.35. The molecule has 4 heterocycles. The van der Waals surface area contributed by atoms with Crippen LogP contribution in [0, 0.1) is 6.92 Å². The summed E-state index contributed by atoms with van der Waals surface area (Å²) in [6.45, 7) is 4.83. The highest BCUT2D eigenvalue weighted by molar-refractivity contribution is 5.89. The number of nitrogens with zero attached hydrogens (tertiary/aromatic N) is 3. The second-order valence-electron chi connectivity index (χ2n) is 9.30. The third kappa shape index (κ3) is 4.79. The predicted octanol–water partition coefficient (Wildman–Crippen LogP) is 4.13. The van der Waals surface area contributed by atoms with Crippen LogP contribution in [0.1, 0.15) is 54.2 Å². The number of fused-ring (bicyclic) bond motifs is 2. The number of aromatic nitrogens is 2. The van der Waals surface area contributed by atoms with E-state index in [2.05, 4.69) is 22.6 Å². The van der Waals surface area contributed by atoms with Crippen LogP contribution in [-0.4, -0.2) is 58.5 Å². The van der Waals surface area contributed by atoms with Gasteiger partial charge in [-0.3, -0.25) is 9.69 Å². The van der Waals surface area contributed by atoms with Gasteiger partial charge in [0.15, 0.2) is 5.58 Å². The molecule has 8 nitrogen and oxygen atoms in total. The summed E-state index contributed by atoms with van der Waals surface area (Å²) in [5.74, 6) is 0.192. The Labute approximate surface area is 199 Å². The molecule has 2 aliphatic rings. The molecule has 8 heteroatoms. The number of carbonyl (C=O) groups is 1. The normalized spacial score (nSPS) is 19.1. The van der Waals surface area contributed by atoms with Crippen molar-refractivity contribution >= 4 is 22.8 Å². The van der Waals surface area contributed by atoms with E-state index in [1.807, 2.05) is 30.0 Å². The van der Waals surface area contributed by atoms with Gasteiger partial charge in [-0.15, -0.1) is 0 Å². The van der Waals surface area contributed by atoms with Crippen LogP contribution in [0.5, 0.6) is 0 Å². The van der Waals surface area contributed by atoms with Gasteiger partial charge in [0.1, 0.15) is 11.9 Å². The molecule has 2 atom stereocenters. The van der Waals surface area contributed by atoms with E-state index >= 15 is 0 Å². The van der Waals surface area contributed by atoms with E-state index in [0.29, 0.717) is 31.0 Å². The topological polar surface area (TPSA) is 101 Å². The number of pyridine rings is 1. The highest BCUT2D eigenvalue weighted by Crippen LogP contribution is 2.33. The van der Waals surface area contributed by atoms with Gasteiger partial charge in [0.25, 0.3) is 0 Å². The van der Waals surface area contributed by atoms with Crippen LogP contribution in [-0.2, 0) is 22.4 Å². The summed E-state index contributed by atoms with van der Waals surface area (Å²) < 4.78 is 11.5. The fraction of sp³-hybridized carbons (Fsp3) is 0.500. The minimum atomic E-state index is -0.860. The molecule has 0 bridgehead atoms. The number of unbranched alkanes of at least 4 members (excludes halogenated alkanes) is 1. The van der Waals surface area contributed by atoms with Crippen molar-refractivity contribution in [2.45, 2.75) is 57.6 Å². The van der Waals surface area contributed by atoms with Gasteiger partial charge in [-0.05, 0) is 68.7 Å². The van der Waals surface area contributed by atoms with Crippen molar-refractivity contribution in [2.24, 2.45) is 0 Å². The summed E-state index contributed by atoms with van der Waals surface area (Å²) in [7, 11) is 0. The molecule has 2 aromatic heterocycles. The first-order valence-electron chi connectivity index (χ1n) is 12.3. The maximum atomic E-state index is 12.3. The van der Waals surface area contributed by atoms with Crippen LogP contribution in [0.25, 0.3) is 11.0 Å². The van der Waals surface area contributed by atoms with Crippen LogP contribution in [0.15, 0.2) is 34.9 Å². The number of likely N-dealkylation sites (tertiary alicyclic amines) is 1. The van der Waals surface area contributed by atoms with Crippen LogP contribution in [0.4, 0.5) is 5.82 Å². The number of nitrogens with one attached hydrogen (secondary N) is 1. The Morgan fingerprint density at radius 3 is 3.12 bits per heavy atom. The molecular weight excluding hydrogens is 432 g/mol. The van der Waals surface area contributed by atoms with Gasteiger partial charge in [-0.1, -0.05) is 23.4 Å². The van der Waals surface area contributed by atoms with Crippen LogP contribution in [0.3, 0.4) is 0 Å². The van der Waals surface area contributed by atoms with Gasteiger partial charge in [0.05, 0.1) is 11.8 Å². The van der Waals surface area contributed by atoms with E-state index in [1.54, 1.807) is 0 Å². The van der Waals surface area contributed by atoms with Crippen molar-refractivity contribution in [3.05, 3.63) is 52.8 Å². The maximum Gasteiger partial charge on any atom is 0.325 e. The number of benzene rings is 1. The molecule has 0 saturated carbocycles. The molecular formula is C26H32N4O4. The second kappa shape index (κ2) is 10.1. The molecule has 34 heavy (non-hydrogen) atoms. The molecule has 3 aromatic rings. The SMILES string of the molecule is Cc1noc2cccc(C(C(=O)O)N3CCC(OCCCCc4ccc5c(n4)NCCC5)C3)c12. The second-order valence-corrected chi connectivity index (χ2v) is 9.30. The maximum absolute atomic E-state index is 12.3. The fourth-order valence-corrected chi connectivity index (χ4v) is 5.18. The molecule has 2 N–H and O–H groups in total. The zero-order valence-corrected chi connectivity index (χ0v) is 19.6. The van der Waals surface area contributed by atoms with Crippen molar-refractivity contribution in [3.8, 4) is 0 Å². The fourth-order valence-electron chi connectivity index (χ4n) is 5.18. The molecule has 180 valence electrons. The third-order valence-electron chi connectivity index (χ3n) is 6.90. The summed E-state index contributed by atoms with van der Waals surface area (Å²) in [6, 6.07) is 9.13. The van der Waals surface area contributed by atoms with E-state index in [9.17, 15) is 9.90 Å². The van der Waals surface area contributed by atoms with Gasteiger partial charge < -0.3 is 19.7 Å². The van der Waals surface area contributed by atoms with Crippen molar-refractivity contribution in [2.75, 3.05) is 31.6 Å². The largest absolute Gasteiger partial charge is 0.480 e. The van der Waals surface area contributed by atoms with Gasteiger partial charge in [0.2, 0.25) is 0 Å². The summed E-state index contributed by atoms with van der Waals surface area (Å²) in [5.41, 5.74) is 4.52. The Bertz CT molecular complexity index is 1160. The number of aryl methyl sites for hydroxylation is 3. The Morgan fingerprint density at radius 2 is 2.24 bits per heavy atom. The molecule has 1 aromatic carbocycles. The Morgan fingerprint density at radius 1 is 1.32 bits per heavy atom. The lowest BCUT2D eigenvalue weighted by Gasteiger charge is -2.25. The van der Waals surface area contributed by atoms with Gasteiger partial charge in [0, 0.05) is 37.3 Å². The van der Waals surface area contributed by atoms with E-state index in [0.717, 1.165) is 61.1 Å². The molecule has 2 aliphatic heterocycles. The van der Waals surface area contributed by atoms with Crippen molar-refractivity contribution in [1.29, 1.82) is 0 Å². The van der Waals surface area contributed by atoms with E-state index in [4.69, 9.17) is 14.2 Å². The first-order chi connectivity index (χ1) is 16.6. The standard InChI is InChI=1S/C26H32N4O4/c1-17-23-21(8-4-9-22(23)34-29-17)24(26(31)32)30-14-12-20(16-30)33-15-3-2-7-19-11-10-18-6-5-13-27-25(18)28-19/h4,8-11,20,24H,2-3,5-7,12-16H2,1H3,(H,27,28)(H,31,32). The van der Waals surface area contributed by atoms with Crippen LogP contribution >= 0.6 is 0 Å². The Hall–Kier alpha value is -2.97. The highest BCUT2D eigenvalue weighted by atomic mass is 16.5. The van der Waals surface area contributed by atoms with Gasteiger partial charge in [-0.25, -0.2) is 4.98 Å². The van der Waals surface area contributed by atoms with Crippen LogP contribution in [0.2, 0.25) is 0 Å². The Kier molecular flexibility index (Phi) is 6.78. The van der Waals surface area contributed by atoms with Gasteiger partial charge in [-0.2, -0.15) is 0 Å². The molecule has 1 fully saturated rings. The minimum absolute atomic E-state index is 0.0516. The first-order valence-corrected chi connectivity index (χ1v) is 12.3. The number of hydrogen-bond donors (Lipinski definition) is 2. The average Bonchev–Trinajstić information content (AvgIpc) is 3.46. The van der Waals surface area contributed by atoms with Crippen molar-refractivity contribution in [1.82, 2.24) is 15.0 Å². The summed E-state index contributed by atoms with van der Waals surface area (Å²) in [4.78, 5) is 19.0. The molecule has 0 amide bonds. The number of rotatable bonds is 9. The lowest BCUT2D eigenvalue weighted by molar-refractivity contribution is -0.143. The summed E-state index contributed by atoms with van der Waals surface area (Å²) >= 11 is 0. The molecule has 0 spiro atoms. The molecule has 1 saturated heterocycles. The lowest BCUT2D eigenvalue weighted by atomic mass is 10.00. The molecule has 0 aliphatic carbocycles. The molecule has 0 radical (unpaired) electrons. The van der Waals surface area contributed by atoms with Crippen LogP contribution < -0.4 is 5.32 Å². The van der Waals surface area contributed by atoms with E-state index in [1.165, 1.54) is 12.0 Å². The quantitative estimate of drug-likeness (QED) is 0.456. The summed E-state index contributed by atoms with van der Waals surface area (Å²) in [6.07, 6.45) is 6.10. The number of ether oxygens (including phenoxy) is 1. The van der Waals surface area contributed by atoms with E-state index in [-0.39, 0.29) is 6.10 Å². The molecule has 5 rings (SSSR count). The Balaban J connectivity index is 1.12. The van der Waals surface area contributed by atoms with E-state index < -0.39 is 12.0 Å². The summed E-state index contributed by atoms with van der Waals surface area (Å²) in [5, 5.41) is 18.3. The predicted molar refractivity (Wildman–Crippen MR) is 129 cm³/mol. The first kappa shape index (κ1) is 22.8.